The maximum atomic E-state index is 14.8. The van der Waals surface area contributed by atoms with Gasteiger partial charge in [-0.2, -0.15) is 5.10 Å². The van der Waals surface area contributed by atoms with Crippen LogP contribution < -0.4 is 26.2 Å². The zero-order valence-corrected chi connectivity index (χ0v) is 59.0. The third-order valence-electron chi connectivity index (χ3n) is 21.0. The van der Waals surface area contributed by atoms with Crippen molar-refractivity contribution < 1.29 is 38.5 Å². The Kier molecular flexibility index (Phi) is 20.0. The number of aliphatic hydroxyl groups is 1. The normalized spacial score (nSPS) is 23.6. The van der Waals surface area contributed by atoms with Crippen molar-refractivity contribution in [3.8, 4) is 21.6 Å². The third kappa shape index (κ3) is 15.0. The van der Waals surface area contributed by atoms with Crippen LogP contribution in [-0.2, 0) is 41.6 Å². The fourth-order valence-corrected chi connectivity index (χ4v) is 18.6. The van der Waals surface area contributed by atoms with Crippen molar-refractivity contribution >= 4 is 79.1 Å². The smallest absolute Gasteiger partial charge is 0.270 e. The fourth-order valence-electron chi connectivity index (χ4n) is 17.0. The fraction of sp³-hybridized carbons (Fsp3) is 0.562. The van der Waals surface area contributed by atoms with Gasteiger partial charge in [-0.15, -0.1) is 21.5 Å². The molecule has 2 aromatic carbocycles. The average Bonchev–Trinajstić information content (AvgIpc) is 1.08. The highest BCUT2D eigenvalue weighted by Gasteiger charge is 2.62. The van der Waals surface area contributed by atoms with E-state index in [1.54, 1.807) is 22.7 Å². The minimum atomic E-state index is -0.980. The summed E-state index contributed by atoms with van der Waals surface area (Å²) in [5.74, 6) is 1.02. The number of anilines is 4. The molecule has 7 aliphatic rings. The van der Waals surface area contributed by atoms with Crippen molar-refractivity contribution in [2.45, 2.75) is 169 Å². The number of nitrogens with one attached hydrogen (secondary N) is 4. The lowest BCUT2D eigenvalue weighted by atomic mass is 9.43. The lowest BCUT2D eigenvalue weighted by molar-refractivity contribution is -0.223. The number of hydrogen-bond donors (Lipinski definition) is 5. The molecule has 5 N–H and O–H groups in total. The molecule has 97 heavy (non-hydrogen) atoms. The van der Waals surface area contributed by atoms with Crippen molar-refractivity contribution in [3.05, 3.63) is 106 Å². The Bertz CT molecular complexity index is 3980. The second kappa shape index (κ2) is 28.5. The average molecular weight is 1360 g/mol. The van der Waals surface area contributed by atoms with Crippen molar-refractivity contribution in [1.29, 1.82) is 0 Å². The van der Waals surface area contributed by atoms with Gasteiger partial charge >= 0.3 is 0 Å². The van der Waals surface area contributed by atoms with E-state index in [4.69, 9.17) is 39.5 Å². The van der Waals surface area contributed by atoms with E-state index in [0.29, 0.717) is 35.5 Å². The van der Waals surface area contributed by atoms with E-state index < -0.39 is 35.4 Å². The standard InChI is InChI=1S/C73H94N14O8S2/c1-45-53-14-13-27-85(65(53)83-82-64(45)81-69-78-56-15-9-10-16-58(56)97-69)59-22-21-54(55-38-76-87(48(55)4)43-72-36-49-35-71(8,40-72)41-73(37-49,42-72)95-31-28-84-25-11-12-26-84)61(79-59)67(91)74-24-30-94-33-32-93-29-23-60(89)80-63(70(5,6)7)68(92)86-39-52(88)34-57(86)66(90)77-46(2)50-17-19-51(20-18-50)62-47(3)75-44-96-62/h9-10,15-22,38,44,46,49,52,57,63,88H,11-14,23-37,39-43H2,1-8H3,(H,74,91)(H,77,90)(H,80,89)(H,78,81,82)/t46-,49?,52+,57-,63+,71?,72?,73?/m0/s1. The first-order chi connectivity index (χ1) is 46.6. The van der Waals surface area contributed by atoms with E-state index in [1.807, 2.05) is 101 Å². The van der Waals surface area contributed by atoms with Crippen LogP contribution in [0, 0.1) is 42.9 Å². The second-order valence-corrected chi connectivity index (χ2v) is 31.6. The molecule has 0 spiro atoms. The monoisotopic (exact) mass is 1360 g/mol. The van der Waals surface area contributed by atoms with Crippen LogP contribution in [-0.4, -0.2) is 170 Å². The molecule has 4 bridgehead atoms. The highest BCUT2D eigenvalue weighted by atomic mass is 32.1. The number of ether oxygens (including phenoxy) is 3. The van der Waals surface area contributed by atoms with E-state index in [2.05, 4.69) is 67.6 Å². The zero-order chi connectivity index (χ0) is 67.8. The first-order valence-corrected chi connectivity index (χ1v) is 36.5. The molecule has 4 saturated carbocycles. The summed E-state index contributed by atoms with van der Waals surface area (Å²) < 4.78 is 22.1. The van der Waals surface area contributed by atoms with E-state index >= 15 is 0 Å². The lowest BCUT2D eigenvalue weighted by Crippen LogP contribution is -2.61. The molecule has 24 heteroatoms. The van der Waals surface area contributed by atoms with Crippen molar-refractivity contribution in [1.82, 2.24) is 60.7 Å². The van der Waals surface area contributed by atoms with Gasteiger partial charge in [0.05, 0.1) is 83.3 Å². The van der Waals surface area contributed by atoms with Gasteiger partial charge in [0, 0.05) is 73.5 Å². The number of carbonyl (C=O) groups is 4. The van der Waals surface area contributed by atoms with Crippen molar-refractivity contribution in [3.63, 3.8) is 0 Å². The number of thiazole rings is 2. The van der Waals surface area contributed by atoms with Gasteiger partial charge in [-0.3, -0.25) is 23.9 Å². The number of nitrogens with zero attached hydrogens (tertiary/aromatic N) is 10. The van der Waals surface area contributed by atoms with Crippen LogP contribution in [0.25, 0.3) is 31.8 Å². The Labute approximate surface area is 576 Å². The summed E-state index contributed by atoms with van der Waals surface area (Å²) in [5, 5.41) is 38.7. The van der Waals surface area contributed by atoms with Gasteiger partial charge in [-0.25, -0.2) is 15.0 Å². The molecule has 2 saturated heterocycles. The molecule has 4 aliphatic carbocycles. The maximum absolute atomic E-state index is 14.8. The summed E-state index contributed by atoms with van der Waals surface area (Å²) in [5.41, 5.74) is 9.94. The molecule has 4 amide bonds. The maximum Gasteiger partial charge on any atom is 0.270 e. The number of aromatic nitrogens is 7. The molecule has 8 atom stereocenters. The molecule has 4 unspecified atom stereocenters. The first kappa shape index (κ1) is 68.2. The quantitative estimate of drug-likeness (QED) is 0.0316. The molecule has 6 fully saturated rings. The third-order valence-corrected chi connectivity index (χ3v) is 22.9. The van der Waals surface area contributed by atoms with Gasteiger partial charge < -0.3 is 55.3 Å². The molecule has 3 aliphatic heterocycles. The van der Waals surface area contributed by atoms with Crippen LogP contribution in [0.2, 0.25) is 0 Å². The Morgan fingerprint density at radius 1 is 0.845 bits per heavy atom. The molecule has 7 aromatic rings. The summed E-state index contributed by atoms with van der Waals surface area (Å²) >= 11 is 3.15. The number of aryl methyl sites for hydroxylation is 1. The number of β-amino-alcohol motifs (C(OH)–C–C–N with tert-alkyl or cyclic N) is 1. The first-order valence-electron chi connectivity index (χ1n) is 34.8. The van der Waals surface area contributed by atoms with Crippen molar-refractivity contribution in [2.75, 3.05) is 82.5 Å². The number of rotatable bonds is 26. The van der Waals surface area contributed by atoms with Gasteiger partial charge in [-0.1, -0.05) is 75.4 Å². The van der Waals surface area contributed by atoms with E-state index in [1.165, 1.54) is 43.7 Å². The second-order valence-electron chi connectivity index (χ2n) is 29.7. The number of aliphatic hydroxyl groups excluding tert-OH is 1. The molecule has 0 radical (unpaired) electrons. The number of pyridine rings is 1. The molecule has 22 nitrogen and oxygen atoms in total. The van der Waals surface area contributed by atoms with Gasteiger partial charge in [0.1, 0.15) is 23.6 Å². The highest BCUT2D eigenvalue weighted by Crippen LogP contribution is 2.68. The van der Waals surface area contributed by atoms with Gasteiger partial charge in [0.2, 0.25) is 17.7 Å². The highest BCUT2D eigenvalue weighted by molar-refractivity contribution is 7.22. The van der Waals surface area contributed by atoms with Gasteiger partial charge in [0.25, 0.3) is 5.91 Å². The predicted molar refractivity (Wildman–Crippen MR) is 376 cm³/mol. The Morgan fingerprint density at radius 3 is 2.40 bits per heavy atom. The molecule has 5 aromatic heterocycles. The minimum absolute atomic E-state index is 0.0257. The van der Waals surface area contributed by atoms with E-state index in [0.717, 1.165) is 118 Å². The molecular weight excluding hydrogens is 1270 g/mol. The predicted octanol–water partition coefficient (Wildman–Crippen LogP) is 10.6. The van der Waals surface area contributed by atoms with E-state index in [9.17, 15) is 24.3 Å². The van der Waals surface area contributed by atoms with Crippen LogP contribution in [0.15, 0.2) is 72.4 Å². The summed E-state index contributed by atoms with van der Waals surface area (Å²) in [6.45, 7) is 22.5. The number of benzene rings is 2. The van der Waals surface area contributed by atoms with Crippen LogP contribution in [0.1, 0.15) is 150 Å². The minimum Gasteiger partial charge on any atom is -0.391 e. The zero-order valence-electron chi connectivity index (χ0n) is 57.4. The number of hydrogen-bond acceptors (Lipinski definition) is 19. The van der Waals surface area contributed by atoms with Gasteiger partial charge in [-0.05, 0) is 163 Å². The molecule has 516 valence electrons. The summed E-state index contributed by atoms with van der Waals surface area (Å²) in [6.07, 6.45) is 12.2. The number of carbonyl (C=O) groups excluding carboxylic acids is 4. The van der Waals surface area contributed by atoms with Crippen molar-refractivity contribution in [2.24, 2.45) is 22.2 Å². The topological polar surface area (TPSA) is 256 Å². The van der Waals surface area contributed by atoms with Crippen LogP contribution in [0.4, 0.5) is 22.6 Å². The van der Waals surface area contributed by atoms with Crippen LogP contribution in [0.3, 0.4) is 0 Å². The summed E-state index contributed by atoms with van der Waals surface area (Å²) in [6, 6.07) is 17.7. The largest absolute Gasteiger partial charge is 0.391 e. The number of para-hydroxylation sites is 1. The molecule has 8 heterocycles. The molecule has 14 rings (SSSR count). The number of likely N-dealkylation sites (tertiary alicyclic amines) is 2. The number of amides is 4. The lowest BCUT2D eigenvalue weighted by Gasteiger charge is -2.65. The summed E-state index contributed by atoms with van der Waals surface area (Å²) in [7, 11) is 0. The number of fused-ring (bicyclic) bond motifs is 2. The van der Waals surface area contributed by atoms with Crippen LogP contribution >= 0.6 is 22.7 Å². The van der Waals surface area contributed by atoms with Gasteiger partial charge in [0.15, 0.2) is 16.8 Å². The Hall–Kier alpha value is -7.32. The Morgan fingerprint density at radius 2 is 1.64 bits per heavy atom. The summed E-state index contributed by atoms with van der Waals surface area (Å²) in [4.78, 5) is 77.9. The Balaban J connectivity index is 0.632. The molecular formula is C73H94N14O8S2. The SMILES string of the molecule is Cc1ncsc1-c1ccc([C@H](C)NC(=O)[C@@H]2C[C@@H](O)CN2C(=O)[C@@H](NC(=O)CCOCCOCCNC(=O)c2nc(N3CCCc4c3nnc(Nc3nc5ccccc5s3)c4C)ccc2-c2cnn(CC34CC5CC(C)(C3)CC(OCCN3CCCC3)(C5)C4)c2C)C(C)(C)C)cc1. The van der Waals surface area contributed by atoms with E-state index in [-0.39, 0.29) is 92.3 Å². The van der Waals surface area contributed by atoms with Crippen LogP contribution in [0.5, 0.6) is 0 Å².